The van der Waals surface area contributed by atoms with Crippen LogP contribution in [0.1, 0.15) is 17.0 Å². The maximum absolute atomic E-state index is 6.55. The van der Waals surface area contributed by atoms with Gasteiger partial charge in [0.25, 0.3) is 0 Å². The minimum Gasteiger partial charge on any atom is -0.485 e. The highest BCUT2D eigenvalue weighted by Gasteiger charge is 2.36. The first-order valence-electron chi connectivity index (χ1n) is 15.9. The molecule has 2 unspecified atom stereocenters. The van der Waals surface area contributed by atoms with Gasteiger partial charge in [-0.15, -0.1) is 0 Å². The average Bonchev–Trinajstić information content (AvgIpc) is 3.68. The highest BCUT2D eigenvalue weighted by Crippen LogP contribution is 2.51. The fourth-order valence-electron chi connectivity index (χ4n) is 7.83. The summed E-state index contributed by atoms with van der Waals surface area (Å²) < 4.78 is 12.8. The van der Waals surface area contributed by atoms with Gasteiger partial charge in [-0.2, -0.15) is 0 Å². The minimum absolute atomic E-state index is 0.0458. The van der Waals surface area contributed by atoms with Crippen molar-refractivity contribution in [2.24, 2.45) is 0 Å². The zero-order chi connectivity index (χ0) is 30.2. The fourth-order valence-corrected chi connectivity index (χ4v) is 7.83. The van der Waals surface area contributed by atoms with Crippen LogP contribution in [0, 0.1) is 0 Å². The van der Waals surface area contributed by atoms with Crippen LogP contribution >= 0.6 is 0 Å². The van der Waals surface area contributed by atoms with Gasteiger partial charge < -0.3 is 9.15 Å². The predicted molar refractivity (Wildman–Crippen MR) is 190 cm³/mol. The van der Waals surface area contributed by atoms with Crippen molar-refractivity contribution in [2.45, 2.75) is 12.0 Å². The molecule has 0 N–H and O–H groups in total. The molecule has 2 nitrogen and oxygen atoms in total. The molecule has 7 aromatic carbocycles. The quantitative estimate of drug-likeness (QED) is 0.192. The Kier molecular flexibility index (Phi) is 5.44. The number of rotatable bonds is 3. The van der Waals surface area contributed by atoms with Gasteiger partial charge in [0, 0.05) is 22.3 Å². The number of ether oxygens (including phenoxy) is 1. The van der Waals surface area contributed by atoms with E-state index in [1.807, 2.05) is 18.2 Å². The summed E-state index contributed by atoms with van der Waals surface area (Å²) in [6.07, 6.45) is 6.90. The SMILES string of the molecule is C1=CC2Oc3ccc4oc5ccccc5c4c3C2C=C1c1c2ccccc2c(-c2cccc(-c3ccccc3)c2)c2ccccc12. The molecule has 0 saturated carbocycles. The van der Waals surface area contributed by atoms with E-state index in [4.69, 9.17) is 9.15 Å². The molecule has 0 bridgehead atoms. The van der Waals surface area contributed by atoms with Crippen LogP contribution in [0.4, 0.5) is 0 Å². The number of hydrogen-bond acceptors (Lipinski definition) is 2. The number of hydrogen-bond donors (Lipinski definition) is 0. The maximum Gasteiger partial charge on any atom is 0.135 e. The van der Waals surface area contributed by atoms with Gasteiger partial charge in [0.05, 0.1) is 0 Å². The summed E-state index contributed by atoms with van der Waals surface area (Å²) in [4.78, 5) is 0. The Hall–Kier alpha value is -5.86. The molecule has 2 aliphatic rings. The zero-order valence-electron chi connectivity index (χ0n) is 25.0. The van der Waals surface area contributed by atoms with E-state index in [2.05, 4.69) is 140 Å². The van der Waals surface area contributed by atoms with Crippen LogP contribution in [-0.2, 0) is 0 Å². The van der Waals surface area contributed by atoms with Gasteiger partial charge in [-0.25, -0.2) is 0 Å². The summed E-state index contributed by atoms with van der Waals surface area (Å²) in [6.45, 7) is 0. The Morgan fingerprint density at radius 3 is 1.87 bits per heavy atom. The summed E-state index contributed by atoms with van der Waals surface area (Å²) in [7, 11) is 0. The van der Waals surface area contributed by atoms with E-state index < -0.39 is 0 Å². The zero-order valence-corrected chi connectivity index (χ0v) is 25.0. The summed E-state index contributed by atoms with van der Waals surface area (Å²) in [6, 6.07) is 49.8. The molecule has 10 rings (SSSR count). The third-order valence-electron chi connectivity index (χ3n) is 9.80. The molecular weight excluding hydrogens is 560 g/mol. The van der Waals surface area contributed by atoms with Crippen molar-refractivity contribution < 1.29 is 9.15 Å². The van der Waals surface area contributed by atoms with Crippen molar-refractivity contribution in [2.75, 3.05) is 0 Å². The molecule has 2 heterocycles. The molecular formula is C44H28O2. The monoisotopic (exact) mass is 588 g/mol. The first kappa shape index (κ1) is 25.5. The van der Waals surface area contributed by atoms with E-state index in [1.165, 1.54) is 60.5 Å². The number of allylic oxidation sites excluding steroid dienone is 2. The minimum atomic E-state index is -0.0458. The molecule has 0 radical (unpaired) electrons. The third kappa shape index (κ3) is 3.71. The molecule has 1 aliphatic carbocycles. The number of fused-ring (bicyclic) bond motifs is 9. The van der Waals surface area contributed by atoms with Crippen molar-refractivity contribution in [1.29, 1.82) is 0 Å². The van der Waals surface area contributed by atoms with Gasteiger partial charge in [0.2, 0.25) is 0 Å². The molecule has 1 aliphatic heterocycles. The molecule has 0 saturated heterocycles. The Morgan fingerprint density at radius 2 is 1.11 bits per heavy atom. The van der Waals surface area contributed by atoms with Crippen LogP contribution in [0.3, 0.4) is 0 Å². The van der Waals surface area contributed by atoms with Crippen molar-refractivity contribution in [1.82, 2.24) is 0 Å². The standard InChI is InChI=1S/C44H28O2/c1-2-11-27(12-3-1)28-13-10-14-29(25-28)41-31-15-4-6-17-33(31)42(34-18-7-5-16-32(34)41)30-21-22-38-36(26-30)44-40(46-38)24-23-39-43(44)35-19-8-9-20-37(35)45-39/h1-26,36,38H. The van der Waals surface area contributed by atoms with Crippen molar-refractivity contribution >= 4 is 49.1 Å². The first-order valence-corrected chi connectivity index (χ1v) is 15.9. The van der Waals surface area contributed by atoms with Gasteiger partial charge in [0.15, 0.2) is 0 Å². The normalized spacial score (nSPS) is 16.9. The van der Waals surface area contributed by atoms with E-state index >= 15 is 0 Å². The van der Waals surface area contributed by atoms with Gasteiger partial charge in [0.1, 0.15) is 23.0 Å². The lowest BCUT2D eigenvalue weighted by Gasteiger charge is -2.23. The van der Waals surface area contributed by atoms with Gasteiger partial charge in [-0.1, -0.05) is 127 Å². The second kappa shape index (κ2) is 9.82. The van der Waals surface area contributed by atoms with Crippen LogP contribution in [0.2, 0.25) is 0 Å². The average molecular weight is 589 g/mol. The van der Waals surface area contributed by atoms with Crippen molar-refractivity contribution in [3.8, 4) is 28.0 Å². The Morgan fingerprint density at radius 1 is 0.478 bits per heavy atom. The largest absolute Gasteiger partial charge is 0.485 e. The van der Waals surface area contributed by atoms with E-state index in [-0.39, 0.29) is 12.0 Å². The van der Waals surface area contributed by atoms with Crippen molar-refractivity contribution in [3.63, 3.8) is 0 Å². The second-order valence-corrected chi connectivity index (χ2v) is 12.3. The topological polar surface area (TPSA) is 22.4 Å². The molecule has 8 aromatic rings. The van der Waals surface area contributed by atoms with Crippen LogP contribution in [0.15, 0.2) is 162 Å². The van der Waals surface area contributed by atoms with Crippen molar-refractivity contribution in [3.05, 3.63) is 169 Å². The van der Waals surface area contributed by atoms with Crippen LogP contribution in [0.25, 0.3) is 71.3 Å². The van der Waals surface area contributed by atoms with Crippen LogP contribution < -0.4 is 4.74 Å². The second-order valence-electron chi connectivity index (χ2n) is 12.3. The molecule has 2 atom stereocenters. The van der Waals surface area contributed by atoms with Gasteiger partial charge >= 0.3 is 0 Å². The lowest BCUT2D eigenvalue weighted by molar-refractivity contribution is 0.269. The van der Waals surface area contributed by atoms with Gasteiger partial charge in [-0.3, -0.25) is 0 Å². The van der Waals surface area contributed by atoms with E-state index in [1.54, 1.807) is 0 Å². The van der Waals surface area contributed by atoms with Crippen LogP contribution in [0.5, 0.6) is 5.75 Å². The van der Waals surface area contributed by atoms with Crippen LogP contribution in [-0.4, -0.2) is 6.10 Å². The lowest BCUT2D eigenvalue weighted by Crippen LogP contribution is -2.17. The Bertz CT molecular complexity index is 2510. The Labute approximate surface area is 266 Å². The highest BCUT2D eigenvalue weighted by molar-refractivity contribution is 6.20. The molecule has 216 valence electrons. The molecule has 0 fully saturated rings. The first-order chi connectivity index (χ1) is 22.8. The molecule has 1 aromatic heterocycles. The summed E-state index contributed by atoms with van der Waals surface area (Å²) in [5.74, 6) is 1.03. The molecule has 2 heteroatoms. The van der Waals surface area contributed by atoms with Gasteiger partial charge in [-0.05, 0) is 85.3 Å². The maximum atomic E-state index is 6.55. The number of benzene rings is 7. The Balaban J connectivity index is 1.21. The molecule has 46 heavy (non-hydrogen) atoms. The summed E-state index contributed by atoms with van der Waals surface area (Å²) in [5.41, 5.74) is 10.5. The fraction of sp³-hybridized carbons (Fsp3) is 0.0455. The smallest absolute Gasteiger partial charge is 0.135 e. The summed E-state index contributed by atoms with van der Waals surface area (Å²) >= 11 is 0. The highest BCUT2D eigenvalue weighted by atomic mass is 16.5. The predicted octanol–water partition coefficient (Wildman–Crippen LogP) is 11.7. The molecule has 0 spiro atoms. The molecule has 0 amide bonds. The third-order valence-corrected chi connectivity index (χ3v) is 9.80. The van der Waals surface area contributed by atoms with E-state index in [0.29, 0.717) is 0 Å². The lowest BCUT2D eigenvalue weighted by atomic mass is 9.81. The number of furan rings is 1. The number of para-hydroxylation sites is 1. The van der Waals surface area contributed by atoms with E-state index in [9.17, 15) is 0 Å². The summed E-state index contributed by atoms with van der Waals surface area (Å²) in [5, 5.41) is 7.31. The van der Waals surface area contributed by atoms with E-state index in [0.717, 1.165) is 27.7 Å².